The van der Waals surface area contributed by atoms with Crippen molar-refractivity contribution in [3.05, 3.63) is 70.1 Å². The third kappa shape index (κ3) is 4.01. The van der Waals surface area contributed by atoms with E-state index in [0.29, 0.717) is 5.41 Å². The molecule has 8 rings (SSSR count). The van der Waals surface area contributed by atoms with Gasteiger partial charge in [0.05, 0.1) is 0 Å². The minimum absolute atomic E-state index is 0. The van der Waals surface area contributed by atoms with E-state index < -0.39 is 0 Å². The largest absolute Gasteiger partial charge is 0.145 e. The summed E-state index contributed by atoms with van der Waals surface area (Å²) >= 11 is 0. The van der Waals surface area contributed by atoms with Crippen molar-refractivity contribution in [1.82, 2.24) is 0 Å². The molecular weight excluding hydrogens is 476 g/mol. The van der Waals surface area contributed by atoms with E-state index in [4.69, 9.17) is 0 Å². The Labute approximate surface area is 218 Å². The molecule has 0 aromatic heterocycles. The first kappa shape index (κ1) is 22.3. The van der Waals surface area contributed by atoms with Gasteiger partial charge in [0.2, 0.25) is 0 Å². The van der Waals surface area contributed by atoms with Gasteiger partial charge in [-0.25, -0.2) is 0 Å². The molecule has 33 heavy (non-hydrogen) atoms. The van der Waals surface area contributed by atoms with Crippen LogP contribution >= 0.6 is 0 Å². The number of hydrogen-bond acceptors (Lipinski definition) is 0. The van der Waals surface area contributed by atoms with Gasteiger partial charge in [-0.05, 0) is 78.7 Å². The van der Waals surface area contributed by atoms with Crippen molar-refractivity contribution in [3.63, 3.8) is 0 Å². The SMILES string of the molecule is [C-]1=c2cccc(-c3ccc(C45CC6CC(CC(C6)C4)C5)cc3)c2=CC1=CC1CCCCC1.[Zr]. The zero-order chi connectivity index (χ0) is 21.1. The van der Waals surface area contributed by atoms with Crippen LogP contribution in [0.25, 0.3) is 23.3 Å². The first-order chi connectivity index (χ1) is 15.7. The second kappa shape index (κ2) is 8.79. The molecule has 0 amide bonds. The normalized spacial score (nSPS) is 33.3. The Morgan fingerprint density at radius 3 is 2.12 bits per heavy atom. The minimum atomic E-state index is 0. The van der Waals surface area contributed by atoms with Crippen molar-refractivity contribution in [2.45, 2.75) is 76.0 Å². The molecule has 2 aromatic carbocycles. The van der Waals surface area contributed by atoms with Gasteiger partial charge in [0.25, 0.3) is 0 Å². The predicted octanol–water partition coefficient (Wildman–Crippen LogP) is 6.78. The molecule has 0 N–H and O–H groups in total. The third-order valence-electron chi connectivity index (χ3n) is 9.60. The molecule has 168 valence electrons. The summed E-state index contributed by atoms with van der Waals surface area (Å²) in [6.07, 6.45) is 24.4. The van der Waals surface area contributed by atoms with Crippen LogP contribution in [0.15, 0.2) is 54.1 Å². The standard InChI is InChI=1S/C32H35.Zr/c1-2-5-22(6-3-1)13-23-17-28-7-4-8-30(31(28)18-23)27-9-11-29(12-10-27)32-19-24-14-25(20-32)16-26(15-24)21-32;/h4,7-13,18,22,24-26H,1-3,5-6,14-16,19-21H2;/q-1;. The molecular formula is C32H35Zr-. The summed E-state index contributed by atoms with van der Waals surface area (Å²) < 4.78 is 0. The van der Waals surface area contributed by atoms with E-state index in [0.717, 1.165) is 23.7 Å². The van der Waals surface area contributed by atoms with Crippen molar-refractivity contribution in [2.75, 3.05) is 0 Å². The second-order valence-corrected chi connectivity index (χ2v) is 11.8. The number of benzene rings is 2. The topological polar surface area (TPSA) is 0 Å². The fourth-order valence-electron chi connectivity index (χ4n) is 8.54. The van der Waals surface area contributed by atoms with Crippen molar-refractivity contribution in [1.29, 1.82) is 0 Å². The average molecular weight is 511 g/mol. The maximum absolute atomic E-state index is 3.70. The number of hydrogen-bond donors (Lipinski definition) is 0. The van der Waals surface area contributed by atoms with Crippen LogP contribution in [0.3, 0.4) is 0 Å². The Bertz CT molecular complexity index is 1140. The van der Waals surface area contributed by atoms with Crippen LogP contribution in [0.5, 0.6) is 0 Å². The van der Waals surface area contributed by atoms with E-state index in [-0.39, 0.29) is 26.2 Å². The molecule has 0 radical (unpaired) electrons. The quantitative estimate of drug-likeness (QED) is 0.399. The summed E-state index contributed by atoms with van der Waals surface area (Å²) in [4.78, 5) is 0. The van der Waals surface area contributed by atoms with Gasteiger partial charge in [-0.2, -0.15) is 0 Å². The summed E-state index contributed by atoms with van der Waals surface area (Å²) in [6, 6.07) is 16.6. The Kier molecular flexibility index (Phi) is 5.93. The van der Waals surface area contributed by atoms with Crippen LogP contribution in [0.2, 0.25) is 0 Å². The molecule has 0 saturated heterocycles. The molecule has 0 heterocycles. The zero-order valence-corrected chi connectivity index (χ0v) is 22.2. The smallest absolute Gasteiger partial charge is 0 e. The Morgan fingerprint density at radius 2 is 1.45 bits per heavy atom. The number of allylic oxidation sites excluding steroid dienone is 2. The molecule has 0 aliphatic heterocycles. The maximum atomic E-state index is 3.70. The predicted molar refractivity (Wildman–Crippen MR) is 134 cm³/mol. The van der Waals surface area contributed by atoms with E-state index in [9.17, 15) is 0 Å². The van der Waals surface area contributed by atoms with Gasteiger partial charge >= 0.3 is 0 Å². The van der Waals surface area contributed by atoms with Crippen LogP contribution in [0.1, 0.15) is 76.2 Å². The zero-order valence-electron chi connectivity index (χ0n) is 19.8. The van der Waals surface area contributed by atoms with E-state index in [1.54, 1.807) is 5.56 Å². The van der Waals surface area contributed by atoms with E-state index >= 15 is 0 Å². The van der Waals surface area contributed by atoms with Crippen LogP contribution < -0.4 is 10.4 Å². The first-order valence-electron chi connectivity index (χ1n) is 13.3. The van der Waals surface area contributed by atoms with Crippen molar-refractivity contribution in [2.24, 2.45) is 23.7 Å². The molecule has 1 heteroatoms. The summed E-state index contributed by atoms with van der Waals surface area (Å²) in [7, 11) is 0. The molecule has 0 spiro atoms. The second-order valence-electron chi connectivity index (χ2n) is 11.8. The first-order valence-corrected chi connectivity index (χ1v) is 13.3. The van der Waals surface area contributed by atoms with Gasteiger partial charge in [0.15, 0.2) is 0 Å². The number of rotatable bonds is 3. The van der Waals surface area contributed by atoms with E-state index in [1.807, 2.05) is 0 Å². The molecule has 6 aliphatic carbocycles. The summed E-state index contributed by atoms with van der Waals surface area (Å²) in [6.45, 7) is 0. The summed E-state index contributed by atoms with van der Waals surface area (Å²) in [5.74, 6) is 3.77. The molecule has 5 fully saturated rings. The van der Waals surface area contributed by atoms with Gasteiger partial charge < -0.3 is 0 Å². The van der Waals surface area contributed by atoms with Crippen LogP contribution in [-0.4, -0.2) is 0 Å². The van der Waals surface area contributed by atoms with Gasteiger partial charge in [-0.15, -0.1) is 40.3 Å². The fraction of sp³-hybridized carbons (Fsp3) is 0.500. The minimum Gasteiger partial charge on any atom is -0.145 e. The van der Waals surface area contributed by atoms with Gasteiger partial charge in [0.1, 0.15) is 0 Å². The Balaban J connectivity index is 0.00000206. The molecule has 4 bridgehead atoms. The molecule has 0 unspecified atom stereocenters. The van der Waals surface area contributed by atoms with Gasteiger partial charge in [-0.1, -0.05) is 74.1 Å². The summed E-state index contributed by atoms with van der Waals surface area (Å²) in [5, 5.41) is 2.65. The van der Waals surface area contributed by atoms with Gasteiger partial charge in [0, 0.05) is 26.2 Å². The monoisotopic (exact) mass is 509 g/mol. The molecule has 5 saturated carbocycles. The number of fused-ring (bicyclic) bond motifs is 1. The maximum Gasteiger partial charge on any atom is 0 e. The molecule has 0 nitrogen and oxygen atoms in total. The van der Waals surface area contributed by atoms with Crippen LogP contribution in [0, 0.1) is 23.7 Å². The Hall–Kier alpha value is -1.20. The van der Waals surface area contributed by atoms with E-state index in [1.165, 1.54) is 97.8 Å². The Morgan fingerprint density at radius 1 is 0.788 bits per heavy atom. The van der Waals surface area contributed by atoms with E-state index in [2.05, 4.69) is 60.7 Å². The third-order valence-corrected chi connectivity index (χ3v) is 9.60. The van der Waals surface area contributed by atoms with Crippen molar-refractivity contribution >= 4 is 12.2 Å². The van der Waals surface area contributed by atoms with Crippen LogP contribution in [0.4, 0.5) is 0 Å². The molecule has 2 aromatic rings. The average Bonchev–Trinajstić information content (AvgIpc) is 3.21. The van der Waals surface area contributed by atoms with Gasteiger partial charge in [-0.3, -0.25) is 0 Å². The van der Waals surface area contributed by atoms with Crippen molar-refractivity contribution in [3.8, 4) is 11.1 Å². The molecule has 6 aliphatic rings. The summed E-state index contributed by atoms with van der Waals surface area (Å²) in [5.41, 5.74) is 6.18. The van der Waals surface area contributed by atoms with Crippen LogP contribution in [-0.2, 0) is 31.6 Å². The molecule has 0 atom stereocenters. The van der Waals surface area contributed by atoms with Crippen molar-refractivity contribution < 1.29 is 26.2 Å². The fourth-order valence-corrected chi connectivity index (χ4v) is 8.54.